The predicted molar refractivity (Wildman–Crippen MR) is 133 cm³/mol. The average Bonchev–Trinajstić information content (AvgIpc) is 3.47. The minimum absolute atomic E-state index is 0.123. The third-order valence-electron chi connectivity index (χ3n) is 5.64. The van der Waals surface area contributed by atoms with E-state index in [4.69, 9.17) is 10.6 Å². The van der Waals surface area contributed by atoms with Gasteiger partial charge in [-0.15, -0.1) is 16.4 Å². The number of nitrogens with one attached hydrogen (secondary N) is 1. The van der Waals surface area contributed by atoms with Crippen LogP contribution in [0.3, 0.4) is 0 Å². The number of hydrogen-bond donors (Lipinski definition) is 2. The lowest BCUT2D eigenvalue weighted by Gasteiger charge is -2.36. The first kappa shape index (κ1) is 23.7. The Labute approximate surface area is 201 Å². The Morgan fingerprint density at radius 3 is 2.79 bits per heavy atom. The molecule has 1 aromatic heterocycles. The summed E-state index contributed by atoms with van der Waals surface area (Å²) in [4.78, 5) is 22.6. The minimum atomic E-state index is -0.309. The van der Waals surface area contributed by atoms with Crippen LogP contribution in [0.5, 0.6) is 0 Å². The van der Waals surface area contributed by atoms with Crippen molar-refractivity contribution >= 4 is 40.8 Å². The van der Waals surface area contributed by atoms with Crippen LogP contribution in [-0.2, 0) is 9.63 Å². The molecule has 1 saturated heterocycles. The number of amides is 1. The molecule has 1 aromatic carbocycles. The Kier molecular flexibility index (Phi) is 7.41. The van der Waals surface area contributed by atoms with Gasteiger partial charge < -0.3 is 25.7 Å². The zero-order valence-corrected chi connectivity index (χ0v) is 20.0. The number of carbonyl (C=O) groups excluding carboxylic acids is 1. The molecule has 2 aliphatic heterocycles. The van der Waals surface area contributed by atoms with Crippen LogP contribution >= 0.6 is 11.3 Å². The minimum Gasteiger partial charge on any atom is -0.390 e. The van der Waals surface area contributed by atoms with Gasteiger partial charge in [0.15, 0.2) is 0 Å². The third-order valence-corrected chi connectivity index (χ3v) is 6.58. The quantitative estimate of drug-likeness (QED) is 0.371. The van der Waals surface area contributed by atoms with Crippen LogP contribution in [-0.4, -0.2) is 67.5 Å². The molecular weight excluding hydrogens is 457 g/mol. The Morgan fingerprint density at radius 1 is 1.32 bits per heavy atom. The highest BCUT2D eigenvalue weighted by Gasteiger charge is 2.25. The van der Waals surface area contributed by atoms with Crippen molar-refractivity contribution in [3.05, 3.63) is 51.5 Å². The van der Waals surface area contributed by atoms with Gasteiger partial charge in [0.1, 0.15) is 11.9 Å². The number of nitrogens with zero attached hydrogens (tertiary/aromatic N) is 5. The molecule has 1 unspecified atom stereocenters. The van der Waals surface area contributed by atoms with Crippen LogP contribution < -0.4 is 16.0 Å². The molecule has 180 valence electrons. The van der Waals surface area contributed by atoms with Gasteiger partial charge in [-0.25, -0.2) is 4.39 Å². The van der Waals surface area contributed by atoms with Crippen LogP contribution in [0, 0.1) is 12.7 Å². The second kappa shape index (κ2) is 10.6. The number of aryl methyl sites for hydroxylation is 1. The lowest BCUT2D eigenvalue weighted by atomic mass is 10.0. The summed E-state index contributed by atoms with van der Waals surface area (Å²) in [7, 11) is 0. The van der Waals surface area contributed by atoms with E-state index in [-0.39, 0.29) is 17.8 Å². The number of carbonyl (C=O) groups is 1. The Hall–Kier alpha value is -3.47. The van der Waals surface area contributed by atoms with Crippen molar-refractivity contribution in [1.82, 2.24) is 10.2 Å². The first-order valence-electron chi connectivity index (χ1n) is 11.1. The van der Waals surface area contributed by atoms with Gasteiger partial charge in [-0.3, -0.25) is 4.79 Å². The Morgan fingerprint density at radius 2 is 2.12 bits per heavy atom. The molecule has 0 bridgehead atoms. The molecule has 0 saturated carbocycles. The number of anilines is 1. The molecule has 11 heteroatoms. The summed E-state index contributed by atoms with van der Waals surface area (Å²) in [5.74, 6) is -0.0775. The standard InChI is InChI=1S/C23H28FN7O2S/c1-15-3-5-19(34-15)14-27-28-23(25)31-9-7-30(8-10-31)22-6-4-17(11-20(22)24)21-12-18(33-29-21)13-26-16(2)32/h3-6,11,14,18H,7-10,12-13H2,1-2H3,(H2,25,28)(H,26,32)/b27-14+. The lowest BCUT2D eigenvalue weighted by molar-refractivity contribution is -0.119. The van der Waals surface area contributed by atoms with Gasteiger partial charge in [-0.2, -0.15) is 5.10 Å². The highest BCUT2D eigenvalue weighted by Crippen LogP contribution is 2.25. The molecule has 0 radical (unpaired) electrons. The summed E-state index contributed by atoms with van der Waals surface area (Å²) in [6, 6.07) is 9.13. The van der Waals surface area contributed by atoms with E-state index in [0.717, 1.165) is 4.88 Å². The van der Waals surface area contributed by atoms with E-state index in [1.54, 1.807) is 23.6 Å². The van der Waals surface area contributed by atoms with Crippen LogP contribution in [0.4, 0.5) is 10.1 Å². The summed E-state index contributed by atoms with van der Waals surface area (Å²) in [6.45, 7) is 6.33. The molecule has 3 heterocycles. The molecule has 1 amide bonds. The first-order chi connectivity index (χ1) is 16.4. The Balaban J connectivity index is 1.31. The molecule has 4 rings (SSSR count). The average molecular weight is 486 g/mol. The predicted octanol–water partition coefficient (Wildman–Crippen LogP) is 2.30. The van der Waals surface area contributed by atoms with E-state index in [0.29, 0.717) is 62.1 Å². The van der Waals surface area contributed by atoms with Crippen molar-refractivity contribution in [2.24, 2.45) is 21.1 Å². The van der Waals surface area contributed by atoms with Crippen LogP contribution in [0.25, 0.3) is 0 Å². The highest BCUT2D eigenvalue weighted by atomic mass is 32.1. The van der Waals surface area contributed by atoms with Crippen molar-refractivity contribution in [1.29, 1.82) is 0 Å². The number of guanidine groups is 1. The molecule has 34 heavy (non-hydrogen) atoms. The van der Waals surface area contributed by atoms with E-state index in [9.17, 15) is 9.18 Å². The fraction of sp³-hybridized carbons (Fsp3) is 0.391. The van der Waals surface area contributed by atoms with Crippen LogP contribution in [0.2, 0.25) is 0 Å². The molecule has 2 aromatic rings. The SMILES string of the molecule is CC(=O)NCC1CC(c2ccc(N3CCN(/C(N)=N/N=C/c4ccc(C)s4)CC3)c(F)c2)=NO1. The van der Waals surface area contributed by atoms with E-state index in [1.807, 2.05) is 34.9 Å². The largest absolute Gasteiger partial charge is 0.390 e. The molecule has 3 N–H and O–H groups in total. The number of halogens is 1. The zero-order valence-electron chi connectivity index (χ0n) is 19.2. The number of hydrogen-bond acceptors (Lipinski definition) is 7. The summed E-state index contributed by atoms with van der Waals surface area (Å²) in [6.07, 6.45) is 1.98. The van der Waals surface area contributed by atoms with Gasteiger partial charge in [0, 0.05) is 54.8 Å². The number of benzene rings is 1. The summed E-state index contributed by atoms with van der Waals surface area (Å²) >= 11 is 1.64. The number of piperazine rings is 1. The maximum Gasteiger partial charge on any atom is 0.217 e. The third kappa shape index (κ3) is 5.90. The molecule has 1 atom stereocenters. The molecule has 1 fully saturated rings. The number of thiophene rings is 1. The molecule has 0 spiro atoms. The van der Waals surface area contributed by atoms with E-state index in [2.05, 4.69) is 20.7 Å². The second-order valence-corrected chi connectivity index (χ2v) is 9.52. The summed E-state index contributed by atoms with van der Waals surface area (Å²) in [5, 5.41) is 15.0. The normalized spacial score (nSPS) is 18.9. The lowest BCUT2D eigenvalue weighted by Crippen LogP contribution is -2.51. The van der Waals surface area contributed by atoms with Crippen LogP contribution in [0.1, 0.15) is 28.7 Å². The molecule has 0 aliphatic carbocycles. The second-order valence-electron chi connectivity index (χ2n) is 8.20. The fourth-order valence-corrected chi connectivity index (χ4v) is 4.56. The van der Waals surface area contributed by atoms with E-state index in [1.165, 1.54) is 17.9 Å². The van der Waals surface area contributed by atoms with Gasteiger partial charge in [0.25, 0.3) is 0 Å². The number of oxime groups is 1. The molecule has 9 nitrogen and oxygen atoms in total. The molecule has 2 aliphatic rings. The van der Waals surface area contributed by atoms with Crippen molar-refractivity contribution in [3.63, 3.8) is 0 Å². The maximum absolute atomic E-state index is 14.9. The van der Waals surface area contributed by atoms with Crippen molar-refractivity contribution in [3.8, 4) is 0 Å². The van der Waals surface area contributed by atoms with Gasteiger partial charge in [0.05, 0.1) is 24.2 Å². The van der Waals surface area contributed by atoms with Gasteiger partial charge >= 0.3 is 0 Å². The van der Waals surface area contributed by atoms with Crippen molar-refractivity contribution in [2.45, 2.75) is 26.4 Å². The Bertz CT molecular complexity index is 1120. The van der Waals surface area contributed by atoms with Gasteiger partial charge in [-0.05, 0) is 31.2 Å². The topological polar surface area (TPSA) is 108 Å². The molecular formula is C23H28FN7O2S. The number of nitrogens with two attached hydrogens (primary N) is 1. The maximum atomic E-state index is 14.9. The van der Waals surface area contributed by atoms with E-state index < -0.39 is 0 Å². The summed E-state index contributed by atoms with van der Waals surface area (Å²) < 4.78 is 14.9. The van der Waals surface area contributed by atoms with Crippen molar-refractivity contribution < 1.29 is 14.0 Å². The van der Waals surface area contributed by atoms with E-state index >= 15 is 0 Å². The summed E-state index contributed by atoms with van der Waals surface area (Å²) in [5.41, 5.74) is 7.99. The first-order valence-corrected chi connectivity index (χ1v) is 11.9. The monoisotopic (exact) mass is 485 g/mol. The van der Waals surface area contributed by atoms with Gasteiger partial charge in [-0.1, -0.05) is 11.2 Å². The highest BCUT2D eigenvalue weighted by molar-refractivity contribution is 7.13. The number of rotatable bonds is 6. The fourth-order valence-electron chi connectivity index (χ4n) is 3.82. The smallest absolute Gasteiger partial charge is 0.217 e. The van der Waals surface area contributed by atoms with Crippen molar-refractivity contribution in [2.75, 3.05) is 37.6 Å². The van der Waals surface area contributed by atoms with Crippen LogP contribution in [0.15, 0.2) is 45.7 Å². The zero-order chi connectivity index (χ0) is 24.1. The van der Waals surface area contributed by atoms with Gasteiger partial charge in [0.2, 0.25) is 11.9 Å².